The summed E-state index contributed by atoms with van der Waals surface area (Å²) in [7, 11) is 1.66. The molecule has 0 radical (unpaired) electrons. The molecular formula is C16H23N3O2. The third kappa shape index (κ3) is 3.54. The van der Waals surface area contributed by atoms with Gasteiger partial charge in [0.2, 0.25) is 5.89 Å². The first kappa shape index (κ1) is 15.4. The first-order chi connectivity index (χ1) is 9.81. The van der Waals surface area contributed by atoms with Crippen molar-refractivity contribution in [3.63, 3.8) is 0 Å². The number of benzene rings is 1. The average molecular weight is 289 g/mol. The summed E-state index contributed by atoms with van der Waals surface area (Å²) in [5, 5.41) is 7.41. The SMILES string of the molecule is COc1ccc(C)cc1N[C@@H](C)c1nc(C(C)(C)C)no1. The smallest absolute Gasteiger partial charge is 0.248 e. The van der Waals surface area contributed by atoms with E-state index in [-0.39, 0.29) is 11.5 Å². The molecule has 21 heavy (non-hydrogen) atoms. The zero-order valence-electron chi connectivity index (χ0n) is 13.5. The Morgan fingerprint density at radius 2 is 2.00 bits per heavy atom. The van der Waals surface area contributed by atoms with E-state index in [2.05, 4.69) is 36.2 Å². The Bertz CT molecular complexity index is 614. The molecule has 0 fully saturated rings. The van der Waals surface area contributed by atoms with Crippen molar-refractivity contribution in [1.82, 2.24) is 10.1 Å². The van der Waals surface area contributed by atoms with Crippen LogP contribution in [0.15, 0.2) is 22.7 Å². The molecule has 0 aliphatic carbocycles. The van der Waals surface area contributed by atoms with Crippen molar-refractivity contribution in [2.45, 2.75) is 46.1 Å². The highest BCUT2D eigenvalue weighted by atomic mass is 16.5. The lowest BCUT2D eigenvalue weighted by Crippen LogP contribution is -2.14. The van der Waals surface area contributed by atoms with Crippen molar-refractivity contribution in [2.75, 3.05) is 12.4 Å². The molecule has 5 nitrogen and oxygen atoms in total. The highest BCUT2D eigenvalue weighted by molar-refractivity contribution is 5.58. The zero-order chi connectivity index (χ0) is 15.6. The first-order valence-corrected chi connectivity index (χ1v) is 7.06. The van der Waals surface area contributed by atoms with E-state index in [0.29, 0.717) is 11.7 Å². The van der Waals surface area contributed by atoms with Crippen molar-refractivity contribution in [3.05, 3.63) is 35.5 Å². The standard InChI is InChI=1S/C16H23N3O2/c1-10-7-8-13(20-6)12(9-10)17-11(2)14-18-15(19-21-14)16(3,4)5/h7-9,11,17H,1-6H3/t11-/m0/s1. The Morgan fingerprint density at radius 1 is 1.29 bits per heavy atom. The van der Waals surface area contributed by atoms with Crippen LogP contribution in [0.4, 0.5) is 5.69 Å². The number of hydrogen-bond donors (Lipinski definition) is 1. The normalized spacial score (nSPS) is 13.0. The molecule has 0 spiro atoms. The average Bonchev–Trinajstić information content (AvgIpc) is 2.88. The van der Waals surface area contributed by atoms with Crippen LogP contribution in [0.2, 0.25) is 0 Å². The van der Waals surface area contributed by atoms with Crippen LogP contribution in [0.5, 0.6) is 5.75 Å². The van der Waals surface area contributed by atoms with Crippen LogP contribution in [-0.4, -0.2) is 17.3 Å². The highest BCUT2D eigenvalue weighted by Crippen LogP contribution is 2.29. The van der Waals surface area contributed by atoms with Crippen LogP contribution < -0.4 is 10.1 Å². The zero-order valence-corrected chi connectivity index (χ0v) is 13.5. The van der Waals surface area contributed by atoms with Gasteiger partial charge in [-0.05, 0) is 31.5 Å². The van der Waals surface area contributed by atoms with Gasteiger partial charge in [-0.15, -0.1) is 0 Å². The van der Waals surface area contributed by atoms with Crippen LogP contribution >= 0.6 is 0 Å². The quantitative estimate of drug-likeness (QED) is 0.926. The predicted molar refractivity (Wildman–Crippen MR) is 82.8 cm³/mol. The fourth-order valence-electron chi connectivity index (χ4n) is 1.95. The first-order valence-electron chi connectivity index (χ1n) is 7.06. The van der Waals surface area contributed by atoms with Gasteiger partial charge in [0.15, 0.2) is 5.82 Å². The maximum absolute atomic E-state index is 5.37. The van der Waals surface area contributed by atoms with Crippen molar-refractivity contribution < 1.29 is 9.26 Å². The Morgan fingerprint density at radius 3 is 2.57 bits per heavy atom. The second-order valence-electron chi connectivity index (χ2n) is 6.28. The summed E-state index contributed by atoms with van der Waals surface area (Å²) < 4.78 is 10.7. The minimum Gasteiger partial charge on any atom is -0.495 e. The Hall–Kier alpha value is -2.04. The summed E-state index contributed by atoms with van der Waals surface area (Å²) in [6.45, 7) is 10.2. The minimum absolute atomic E-state index is 0.0932. The van der Waals surface area contributed by atoms with E-state index in [1.165, 1.54) is 0 Å². The molecule has 0 aliphatic heterocycles. The van der Waals surface area contributed by atoms with Gasteiger partial charge in [-0.25, -0.2) is 0 Å². The summed E-state index contributed by atoms with van der Waals surface area (Å²) in [6, 6.07) is 5.90. The topological polar surface area (TPSA) is 60.2 Å². The van der Waals surface area contributed by atoms with Gasteiger partial charge < -0.3 is 14.6 Å². The molecule has 1 aromatic heterocycles. The van der Waals surface area contributed by atoms with E-state index >= 15 is 0 Å². The van der Waals surface area contributed by atoms with Crippen molar-refractivity contribution in [2.24, 2.45) is 0 Å². The molecule has 5 heteroatoms. The fourth-order valence-corrected chi connectivity index (χ4v) is 1.95. The Kier molecular flexibility index (Phi) is 4.21. The summed E-state index contributed by atoms with van der Waals surface area (Å²) in [5.41, 5.74) is 1.95. The number of methoxy groups -OCH3 is 1. The molecule has 1 heterocycles. The molecule has 1 aromatic carbocycles. The van der Waals surface area contributed by atoms with Crippen molar-refractivity contribution in [1.29, 1.82) is 0 Å². The largest absolute Gasteiger partial charge is 0.495 e. The van der Waals surface area contributed by atoms with E-state index in [1.807, 2.05) is 32.0 Å². The van der Waals surface area contributed by atoms with Gasteiger partial charge in [-0.3, -0.25) is 0 Å². The third-order valence-corrected chi connectivity index (χ3v) is 3.21. The molecule has 0 bridgehead atoms. The lowest BCUT2D eigenvalue weighted by Gasteiger charge is -2.15. The number of aryl methyl sites for hydroxylation is 1. The van der Waals surface area contributed by atoms with E-state index in [1.54, 1.807) is 7.11 Å². The van der Waals surface area contributed by atoms with Crippen LogP contribution in [-0.2, 0) is 5.41 Å². The highest BCUT2D eigenvalue weighted by Gasteiger charge is 2.23. The molecule has 1 atom stereocenters. The molecule has 0 saturated heterocycles. The molecule has 0 unspecified atom stereocenters. The summed E-state index contributed by atoms with van der Waals surface area (Å²) in [6.07, 6.45) is 0. The van der Waals surface area contributed by atoms with Gasteiger partial charge >= 0.3 is 0 Å². The van der Waals surface area contributed by atoms with Gasteiger partial charge in [-0.2, -0.15) is 4.98 Å². The van der Waals surface area contributed by atoms with Crippen LogP contribution in [0, 0.1) is 6.92 Å². The molecule has 2 aromatic rings. The number of ether oxygens (including phenoxy) is 1. The van der Waals surface area contributed by atoms with E-state index < -0.39 is 0 Å². The van der Waals surface area contributed by atoms with Gasteiger partial charge in [0.25, 0.3) is 0 Å². The fraction of sp³-hybridized carbons (Fsp3) is 0.500. The third-order valence-electron chi connectivity index (χ3n) is 3.21. The molecule has 1 N–H and O–H groups in total. The van der Waals surface area contributed by atoms with E-state index in [9.17, 15) is 0 Å². The molecule has 2 rings (SSSR count). The summed E-state index contributed by atoms with van der Waals surface area (Å²) in [5.74, 6) is 2.08. The molecular weight excluding hydrogens is 266 g/mol. The van der Waals surface area contributed by atoms with E-state index in [0.717, 1.165) is 17.0 Å². The minimum atomic E-state index is -0.123. The summed E-state index contributed by atoms with van der Waals surface area (Å²) >= 11 is 0. The Labute approximate surface area is 125 Å². The molecule has 114 valence electrons. The van der Waals surface area contributed by atoms with Crippen molar-refractivity contribution in [3.8, 4) is 5.75 Å². The number of anilines is 1. The second-order valence-corrected chi connectivity index (χ2v) is 6.28. The van der Waals surface area contributed by atoms with Crippen LogP contribution in [0.1, 0.15) is 51.0 Å². The molecule has 0 saturated carbocycles. The van der Waals surface area contributed by atoms with Gasteiger partial charge in [0, 0.05) is 5.41 Å². The number of hydrogen-bond acceptors (Lipinski definition) is 5. The number of rotatable bonds is 4. The molecule has 0 aliphatic rings. The van der Waals surface area contributed by atoms with E-state index in [4.69, 9.17) is 9.26 Å². The van der Waals surface area contributed by atoms with Crippen LogP contribution in [0.25, 0.3) is 0 Å². The summed E-state index contributed by atoms with van der Waals surface area (Å²) in [4.78, 5) is 4.47. The lowest BCUT2D eigenvalue weighted by molar-refractivity contribution is 0.353. The lowest BCUT2D eigenvalue weighted by atomic mass is 9.96. The predicted octanol–water partition coefficient (Wildman–Crippen LogP) is 3.86. The van der Waals surface area contributed by atoms with Crippen LogP contribution in [0.3, 0.4) is 0 Å². The van der Waals surface area contributed by atoms with Gasteiger partial charge in [0.1, 0.15) is 11.8 Å². The van der Waals surface area contributed by atoms with Gasteiger partial charge in [0.05, 0.1) is 12.8 Å². The second kappa shape index (κ2) is 5.76. The molecule has 0 amide bonds. The number of nitrogens with one attached hydrogen (secondary N) is 1. The maximum atomic E-state index is 5.37. The Balaban J connectivity index is 2.20. The van der Waals surface area contributed by atoms with Crippen molar-refractivity contribution >= 4 is 5.69 Å². The number of nitrogens with zero attached hydrogens (tertiary/aromatic N) is 2. The monoisotopic (exact) mass is 289 g/mol. The maximum Gasteiger partial charge on any atom is 0.248 e. The van der Waals surface area contributed by atoms with Gasteiger partial charge in [-0.1, -0.05) is 32.0 Å². The number of aromatic nitrogens is 2.